The van der Waals surface area contributed by atoms with Crippen LogP contribution < -0.4 is 10.4 Å². The molecular weight excluding hydrogens is 568 g/mol. The average molecular weight is 619 g/mol. The van der Waals surface area contributed by atoms with Crippen molar-refractivity contribution >= 4 is 24.7 Å². The minimum absolute atomic E-state index is 0.00792. The van der Waals surface area contributed by atoms with E-state index in [1.54, 1.807) is 0 Å². The van der Waals surface area contributed by atoms with Crippen LogP contribution in [0, 0.1) is 29.6 Å². The molecule has 5 atom stereocenters. The number of esters is 1. The van der Waals surface area contributed by atoms with E-state index >= 15 is 0 Å². The summed E-state index contributed by atoms with van der Waals surface area (Å²) >= 11 is 0. The molecule has 44 heavy (non-hydrogen) atoms. The highest BCUT2D eigenvalue weighted by Gasteiger charge is 2.55. The smallest absolute Gasteiger partial charge is 0.335 e. The number of aliphatic hydroxyl groups excluding tert-OH is 1. The summed E-state index contributed by atoms with van der Waals surface area (Å²) in [4.78, 5) is 12.2. The first-order valence-electron chi connectivity index (χ1n) is 15.6. The highest BCUT2D eigenvalue weighted by atomic mass is 28.4. The molecule has 1 aliphatic carbocycles. The van der Waals surface area contributed by atoms with E-state index in [2.05, 4.69) is 95.5 Å². The van der Waals surface area contributed by atoms with Gasteiger partial charge in [0, 0.05) is 11.8 Å². The lowest BCUT2D eigenvalue weighted by atomic mass is 9.64. The van der Waals surface area contributed by atoms with Gasteiger partial charge in [-0.3, -0.25) is 0 Å². The van der Waals surface area contributed by atoms with Gasteiger partial charge < -0.3 is 23.7 Å². The standard InChI is InChI=1S/C37H50O6Si/c1-10-30-31(22-32(38)26(3)35(39)40-9)25(2)21-33(34(30)27-23-41-37(7,8)42-24-27)43-44(36(4,5)6,28-17-13-11-14-18-28)29-19-15-12-16-20-29/h10-21,25,27,30-32,34,38H,1,3,22-24H2,2,4-9H3/t25-,30-,31+,32?,34-/m1/s1. The van der Waals surface area contributed by atoms with Crippen molar-refractivity contribution < 1.29 is 28.5 Å². The first-order valence-corrected chi connectivity index (χ1v) is 17.5. The summed E-state index contributed by atoms with van der Waals surface area (Å²) in [6.07, 6.45) is 3.53. The lowest BCUT2D eigenvalue weighted by Crippen LogP contribution is -2.67. The quantitative estimate of drug-likeness (QED) is 0.152. The van der Waals surface area contributed by atoms with Crippen LogP contribution in [0.3, 0.4) is 0 Å². The van der Waals surface area contributed by atoms with Gasteiger partial charge in [0.15, 0.2) is 5.79 Å². The molecule has 0 radical (unpaired) electrons. The molecule has 0 bridgehead atoms. The molecule has 238 valence electrons. The molecule has 0 saturated carbocycles. The fourth-order valence-corrected chi connectivity index (χ4v) is 11.5. The Morgan fingerprint density at radius 3 is 2.05 bits per heavy atom. The SMILES string of the molecule is C=C[C@@H]1[C@@H](CC(O)C(=C)C(=O)OC)[C@H](C)C=C(O[Si](c2ccccc2)(c2ccccc2)C(C)(C)C)[C@@H]1C1COC(C)(C)OC1. The van der Waals surface area contributed by atoms with Crippen LogP contribution in [-0.4, -0.2) is 51.6 Å². The van der Waals surface area contributed by atoms with Crippen LogP contribution in [0.1, 0.15) is 48.0 Å². The Kier molecular flexibility index (Phi) is 10.5. The largest absolute Gasteiger partial charge is 0.537 e. The minimum atomic E-state index is -2.94. The first-order chi connectivity index (χ1) is 20.8. The number of rotatable bonds is 10. The molecule has 1 fully saturated rings. The molecule has 1 aliphatic heterocycles. The Morgan fingerprint density at radius 1 is 1.07 bits per heavy atom. The normalized spacial score (nSPS) is 25.0. The Balaban J connectivity index is 1.86. The van der Waals surface area contributed by atoms with Gasteiger partial charge in [0.05, 0.1) is 37.8 Å². The van der Waals surface area contributed by atoms with Crippen LogP contribution in [0.5, 0.6) is 0 Å². The second-order valence-corrected chi connectivity index (χ2v) is 18.0. The number of carbonyl (C=O) groups excluding carboxylic acids is 1. The van der Waals surface area contributed by atoms with E-state index in [-0.39, 0.29) is 40.2 Å². The summed E-state index contributed by atoms with van der Waals surface area (Å²) in [5.41, 5.74) is 0.0588. The molecule has 0 aromatic heterocycles. The van der Waals surface area contributed by atoms with Crippen LogP contribution >= 0.6 is 0 Å². The molecule has 1 heterocycles. The van der Waals surface area contributed by atoms with Crippen molar-refractivity contribution in [2.24, 2.45) is 29.6 Å². The van der Waals surface area contributed by atoms with Gasteiger partial charge in [-0.15, -0.1) is 6.58 Å². The maximum atomic E-state index is 12.2. The molecule has 2 aliphatic rings. The van der Waals surface area contributed by atoms with Gasteiger partial charge in [-0.1, -0.05) is 101 Å². The van der Waals surface area contributed by atoms with E-state index in [9.17, 15) is 9.90 Å². The predicted molar refractivity (Wildman–Crippen MR) is 178 cm³/mol. The van der Waals surface area contributed by atoms with Crippen LogP contribution in [0.4, 0.5) is 0 Å². The number of hydrogen-bond acceptors (Lipinski definition) is 6. The van der Waals surface area contributed by atoms with E-state index in [0.29, 0.717) is 19.6 Å². The predicted octanol–water partition coefficient (Wildman–Crippen LogP) is 6.01. The average Bonchev–Trinajstić information content (AvgIpc) is 3.00. The lowest BCUT2D eigenvalue weighted by Gasteiger charge is -2.50. The zero-order valence-corrected chi connectivity index (χ0v) is 28.4. The van der Waals surface area contributed by atoms with Gasteiger partial charge in [-0.25, -0.2) is 4.79 Å². The number of aliphatic hydroxyl groups is 1. The molecule has 2 aromatic rings. The maximum absolute atomic E-state index is 12.2. The van der Waals surface area contributed by atoms with Crippen LogP contribution in [-0.2, 0) is 23.4 Å². The van der Waals surface area contributed by atoms with Gasteiger partial charge in [0.2, 0.25) is 0 Å². The lowest BCUT2D eigenvalue weighted by molar-refractivity contribution is -0.269. The van der Waals surface area contributed by atoms with Gasteiger partial charge in [-0.05, 0) is 59.5 Å². The van der Waals surface area contributed by atoms with Gasteiger partial charge in [0.25, 0.3) is 0 Å². The van der Waals surface area contributed by atoms with E-state index < -0.39 is 26.2 Å². The summed E-state index contributed by atoms with van der Waals surface area (Å²) in [5.74, 6) is -0.571. The molecule has 2 aromatic carbocycles. The van der Waals surface area contributed by atoms with Crippen molar-refractivity contribution in [2.75, 3.05) is 20.3 Å². The Hall–Kier alpha value is -2.97. The highest BCUT2D eigenvalue weighted by Crippen LogP contribution is 2.49. The molecule has 0 spiro atoms. The maximum Gasteiger partial charge on any atom is 0.335 e. The Bertz CT molecular complexity index is 1280. The monoisotopic (exact) mass is 618 g/mol. The number of allylic oxidation sites excluding steroid dienone is 3. The Labute approximate surface area is 264 Å². The minimum Gasteiger partial charge on any atom is -0.537 e. The third-order valence-electron chi connectivity index (χ3n) is 9.44. The summed E-state index contributed by atoms with van der Waals surface area (Å²) < 4.78 is 25.0. The summed E-state index contributed by atoms with van der Waals surface area (Å²) in [5, 5.41) is 13.3. The van der Waals surface area contributed by atoms with E-state index in [1.165, 1.54) is 17.5 Å². The van der Waals surface area contributed by atoms with Crippen LogP contribution in [0.2, 0.25) is 5.04 Å². The number of ether oxygens (including phenoxy) is 3. The van der Waals surface area contributed by atoms with Gasteiger partial charge in [0.1, 0.15) is 0 Å². The second-order valence-electron chi connectivity index (χ2n) is 13.7. The number of carbonyl (C=O) groups is 1. The fourth-order valence-electron chi connectivity index (χ4n) is 7.05. The van der Waals surface area contributed by atoms with Crippen LogP contribution in [0.25, 0.3) is 0 Å². The van der Waals surface area contributed by atoms with Crippen molar-refractivity contribution in [2.45, 2.75) is 64.9 Å². The zero-order chi connectivity index (χ0) is 32.3. The number of benzene rings is 2. The summed E-state index contributed by atoms with van der Waals surface area (Å²) in [6.45, 7) is 22.0. The van der Waals surface area contributed by atoms with Gasteiger partial charge >= 0.3 is 14.3 Å². The molecule has 1 unspecified atom stereocenters. The molecule has 4 rings (SSSR count). The van der Waals surface area contributed by atoms with Crippen molar-refractivity contribution in [3.05, 3.63) is 97.3 Å². The Morgan fingerprint density at radius 2 is 1.59 bits per heavy atom. The molecule has 1 N–H and O–H groups in total. The van der Waals surface area contributed by atoms with Crippen molar-refractivity contribution in [3.63, 3.8) is 0 Å². The molecule has 1 saturated heterocycles. The zero-order valence-electron chi connectivity index (χ0n) is 27.4. The molecule has 7 heteroatoms. The third-order valence-corrected chi connectivity index (χ3v) is 14.4. The molecule has 6 nitrogen and oxygen atoms in total. The second kappa shape index (κ2) is 13.6. The topological polar surface area (TPSA) is 74.2 Å². The van der Waals surface area contributed by atoms with Crippen molar-refractivity contribution in [1.29, 1.82) is 0 Å². The fraction of sp³-hybridized carbons (Fsp3) is 0.486. The van der Waals surface area contributed by atoms with Crippen LogP contribution in [0.15, 0.2) is 97.3 Å². The van der Waals surface area contributed by atoms with Crippen molar-refractivity contribution in [1.82, 2.24) is 0 Å². The molecular formula is C37H50O6Si. The number of hydrogen-bond donors (Lipinski definition) is 1. The third kappa shape index (κ3) is 6.81. The number of methoxy groups -OCH3 is 1. The molecule has 0 amide bonds. The summed E-state index contributed by atoms with van der Waals surface area (Å²) in [6, 6.07) is 21.3. The highest BCUT2D eigenvalue weighted by molar-refractivity contribution is 6.99. The van der Waals surface area contributed by atoms with E-state index in [0.717, 1.165) is 5.76 Å². The van der Waals surface area contributed by atoms with E-state index in [4.69, 9.17) is 18.6 Å². The van der Waals surface area contributed by atoms with E-state index in [1.807, 2.05) is 32.1 Å². The van der Waals surface area contributed by atoms with Gasteiger partial charge in [-0.2, -0.15) is 0 Å². The summed E-state index contributed by atoms with van der Waals surface area (Å²) in [7, 11) is -1.64. The first kappa shape index (κ1) is 33.9. The van der Waals surface area contributed by atoms with Crippen molar-refractivity contribution in [3.8, 4) is 0 Å².